The topological polar surface area (TPSA) is 68.3 Å². The highest BCUT2D eigenvalue weighted by atomic mass is 32.1. The Morgan fingerprint density at radius 3 is 2.55 bits per heavy atom. The summed E-state index contributed by atoms with van der Waals surface area (Å²) in [7, 11) is 0. The van der Waals surface area contributed by atoms with E-state index in [-0.39, 0.29) is 10.6 Å². The van der Waals surface area contributed by atoms with Crippen molar-refractivity contribution < 1.29 is 23.1 Å². The molecule has 3 aromatic rings. The highest BCUT2D eigenvalue weighted by molar-refractivity contribution is 7.17. The largest absolute Gasteiger partial charge is 0.451 e. The molecule has 0 aliphatic carbocycles. The Balaban J connectivity index is 1.64. The number of hydrogen-bond donors (Lipinski definition) is 1. The Hall–Kier alpha value is -3.13. The van der Waals surface area contributed by atoms with Gasteiger partial charge in [-0.2, -0.15) is 0 Å². The minimum absolute atomic E-state index is 0.282. The number of ether oxygens (including phenoxy) is 1. The number of aromatic nitrogens is 1. The van der Waals surface area contributed by atoms with Gasteiger partial charge in [0.25, 0.3) is 5.91 Å². The first-order valence-corrected chi connectivity index (χ1v) is 9.67. The van der Waals surface area contributed by atoms with Gasteiger partial charge in [0.1, 0.15) is 21.5 Å². The van der Waals surface area contributed by atoms with E-state index in [9.17, 15) is 18.4 Å². The van der Waals surface area contributed by atoms with Crippen LogP contribution in [0.4, 0.5) is 14.5 Å². The van der Waals surface area contributed by atoms with Gasteiger partial charge in [0.15, 0.2) is 6.61 Å². The highest BCUT2D eigenvalue weighted by Crippen LogP contribution is 2.28. The number of aryl methyl sites for hydroxylation is 2. The molecule has 0 saturated carbocycles. The number of amides is 1. The number of rotatable bonds is 6. The van der Waals surface area contributed by atoms with Gasteiger partial charge in [0, 0.05) is 11.6 Å². The standard InChI is InChI=1S/C21H18F2N2O3S/c1-3-13-4-6-14(7-5-13)20-24-12(2)19(29-20)21(27)28-11-18(26)25-17-10-15(22)8-9-16(17)23/h4-10H,3,11H2,1-2H3,(H,25,26). The second kappa shape index (κ2) is 8.91. The molecule has 29 heavy (non-hydrogen) atoms. The van der Waals surface area contributed by atoms with Crippen LogP contribution in [0.3, 0.4) is 0 Å². The summed E-state index contributed by atoms with van der Waals surface area (Å²) in [5, 5.41) is 2.84. The van der Waals surface area contributed by atoms with Gasteiger partial charge in [-0.3, -0.25) is 4.79 Å². The van der Waals surface area contributed by atoms with Crippen molar-refractivity contribution in [2.45, 2.75) is 20.3 Å². The summed E-state index contributed by atoms with van der Waals surface area (Å²) >= 11 is 1.17. The number of halogens is 2. The Kier molecular flexibility index (Phi) is 6.33. The van der Waals surface area contributed by atoms with Crippen LogP contribution in [0.25, 0.3) is 10.6 Å². The monoisotopic (exact) mass is 416 g/mol. The van der Waals surface area contributed by atoms with Crippen molar-refractivity contribution in [1.82, 2.24) is 4.98 Å². The van der Waals surface area contributed by atoms with Crippen LogP contribution in [0.15, 0.2) is 42.5 Å². The summed E-state index contributed by atoms with van der Waals surface area (Å²) in [6.45, 7) is 3.11. The second-order valence-electron chi connectivity index (χ2n) is 6.23. The molecule has 150 valence electrons. The third kappa shape index (κ3) is 5.03. The van der Waals surface area contributed by atoms with Gasteiger partial charge in [-0.25, -0.2) is 18.6 Å². The van der Waals surface area contributed by atoms with Gasteiger partial charge in [-0.15, -0.1) is 11.3 Å². The number of thiazole rings is 1. The Morgan fingerprint density at radius 1 is 1.14 bits per heavy atom. The molecule has 1 heterocycles. The molecule has 8 heteroatoms. The van der Waals surface area contributed by atoms with E-state index in [1.807, 2.05) is 24.3 Å². The quantitative estimate of drug-likeness (QED) is 0.589. The smallest absolute Gasteiger partial charge is 0.350 e. The van der Waals surface area contributed by atoms with Crippen molar-refractivity contribution in [2.24, 2.45) is 0 Å². The molecule has 1 N–H and O–H groups in total. The van der Waals surface area contributed by atoms with Crippen LogP contribution in [0.1, 0.15) is 27.9 Å². The van der Waals surface area contributed by atoms with Gasteiger partial charge >= 0.3 is 5.97 Å². The van der Waals surface area contributed by atoms with Crippen molar-refractivity contribution in [3.63, 3.8) is 0 Å². The lowest BCUT2D eigenvalue weighted by Crippen LogP contribution is -2.21. The van der Waals surface area contributed by atoms with Crippen molar-refractivity contribution >= 4 is 28.9 Å². The third-order valence-corrected chi connectivity index (χ3v) is 5.31. The van der Waals surface area contributed by atoms with E-state index in [0.29, 0.717) is 10.7 Å². The number of esters is 1. The molecule has 0 bridgehead atoms. The van der Waals surface area contributed by atoms with Gasteiger partial charge in [0.2, 0.25) is 0 Å². The maximum atomic E-state index is 13.6. The zero-order chi connectivity index (χ0) is 21.0. The number of nitrogens with zero attached hydrogens (tertiary/aromatic N) is 1. The second-order valence-corrected chi connectivity index (χ2v) is 7.23. The van der Waals surface area contributed by atoms with E-state index >= 15 is 0 Å². The Bertz CT molecular complexity index is 1050. The van der Waals surface area contributed by atoms with E-state index in [1.165, 1.54) is 16.9 Å². The van der Waals surface area contributed by atoms with E-state index in [0.717, 1.165) is 30.2 Å². The molecule has 0 unspecified atom stereocenters. The van der Waals surface area contributed by atoms with Crippen LogP contribution in [0, 0.1) is 18.6 Å². The number of hydrogen-bond acceptors (Lipinski definition) is 5. The lowest BCUT2D eigenvalue weighted by atomic mass is 10.1. The third-order valence-electron chi connectivity index (χ3n) is 4.13. The molecular formula is C21H18F2N2O3S. The fourth-order valence-electron chi connectivity index (χ4n) is 2.57. The molecule has 0 fully saturated rings. The molecule has 0 aliphatic heterocycles. The lowest BCUT2D eigenvalue weighted by Gasteiger charge is -2.07. The minimum atomic E-state index is -0.789. The Labute approximate surface area is 170 Å². The minimum Gasteiger partial charge on any atom is -0.451 e. The van der Waals surface area contributed by atoms with Crippen LogP contribution < -0.4 is 5.32 Å². The zero-order valence-corrected chi connectivity index (χ0v) is 16.6. The number of benzene rings is 2. The van der Waals surface area contributed by atoms with E-state index in [1.54, 1.807) is 6.92 Å². The molecule has 3 rings (SSSR count). The maximum absolute atomic E-state index is 13.6. The molecule has 5 nitrogen and oxygen atoms in total. The maximum Gasteiger partial charge on any atom is 0.350 e. The van der Waals surface area contributed by atoms with Crippen LogP contribution in [0.5, 0.6) is 0 Å². The Morgan fingerprint density at radius 2 is 1.86 bits per heavy atom. The van der Waals surface area contributed by atoms with Gasteiger partial charge in [0.05, 0.1) is 11.4 Å². The van der Waals surface area contributed by atoms with Crippen molar-refractivity contribution in [2.75, 3.05) is 11.9 Å². The first kappa shape index (κ1) is 20.6. The highest BCUT2D eigenvalue weighted by Gasteiger charge is 2.19. The van der Waals surface area contributed by atoms with Crippen LogP contribution >= 0.6 is 11.3 Å². The molecular weight excluding hydrogens is 398 g/mol. The fraction of sp³-hybridized carbons (Fsp3) is 0.190. The number of carbonyl (C=O) groups excluding carboxylic acids is 2. The molecule has 1 amide bonds. The van der Waals surface area contributed by atoms with Gasteiger partial charge < -0.3 is 10.1 Å². The SMILES string of the molecule is CCc1ccc(-c2nc(C)c(C(=O)OCC(=O)Nc3cc(F)ccc3F)s2)cc1. The normalized spacial score (nSPS) is 10.6. The van der Waals surface area contributed by atoms with Gasteiger partial charge in [-0.1, -0.05) is 31.2 Å². The average molecular weight is 416 g/mol. The van der Waals surface area contributed by atoms with Crippen LogP contribution in [-0.4, -0.2) is 23.5 Å². The van der Waals surface area contributed by atoms with Crippen molar-refractivity contribution in [1.29, 1.82) is 0 Å². The van der Waals surface area contributed by atoms with Crippen molar-refractivity contribution in [3.05, 3.63) is 70.2 Å². The summed E-state index contributed by atoms with van der Waals surface area (Å²) < 4.78 is 31.7. The summed E-state index contributed by atoms with van der Waals surface area (Å²) in [5.41, 5.74) is 2.25. The van der Waals surface area contributed by atoms with Crippen molar-refractivity contribution in [3.8, 4) is 10.6 Å². The average Bonchev–Trinajstić information content (AvgIpc) is 3.10. The number of carbonyl (C=O) groups is 2. The lowest BCUT2D eigenvalue weighted by molar-refractivity contribution is -0.119. The first-order chi connectivity index (χ1) is 13.9. The molecule has 0 saturated heterocycles. The number of nitrogens with one attached hydrogen (secondary N) is 1. The van der Waals surface area contributed by atoms with Gasteiger partial charge in [-0.05, 0) is 31.0 Å². The summed E-state index contributed by atoms with van der Waals surface area (Å²) in [5.74, 6) is -2.96. The fourth-order valence-corrected chi connectivity index (χ4v) is 3.53. The summed E-state index contributed by atoms with van der Waals surface area (Å²) in [6, 6.07) is 10.6. The van der Waals surface area contributed by atoms with E-state index in [4.69, 9.17) is 4.74 Å². The van der Waals surface area contributed by atoms with Crippen LogP contribution in [-0.2, 0) is 16.0 Å². The van der Waals surface area contributed by atoms with E-state index in [2.05, 4.69) is 17.2 Å². The predicted molar refractivity (Wildman–Crippen MR) is 107 cm³/mol. The zero-order valence-electron chi connectivity index (χ0n) is 15.8. The molecule has 0 atom stereocenters. The summed E-state index contributed by atoms with van der Waals surface area (Å²) in [6.07, 6.45) is 0.927. The molecule has 0 radical (unpaired) electrons. The number of anilines is 1. The first-order valence-electron chi connectivity index (χ1n) is 8.86. The molecule has 1 aromatic heterocycles. The molecule has 2 aromatic carbocycles. The molecule has 0 spiro atoms. The predicted octanol–water partition coefficient (Wildman–Crippen LogP) is 4.75. The summed E-state index contributed by atoms with van der Waals surface area (Å²) in [4.78, 5) is 28.9. The van der Waals surface area contributed by atoms with E-state index < -0.39 is 30.1 Å². The van der Waals surface area contributed by atoms with Crippen LogP contribution in [0.2, 0.25) is 0 Å². The molecule has 0 aliphatic rings.